The molecule has 7 heteroatoms. The van der Waals surface area contributed by atoms with Crippen molar-refractivity contribution in [2.75, 3.05) is 26.7 Å². The first-order valence-electron chi connectivity index (χ1n) is 8.12. The highest BCUT2D eigenvalue weighted by atomic mass is 127. The molecule has 0 bridgehead atoms. The van der Waals surface area contributed by atoms with E-state index in [0.717, 1.165) is 41.8 Å². The molecule has 1 N–H and O–H groups in total. The van der Waals surface area contributed by atoms with E-state index in [0.29, 0.717) is 12.5 Å². The second-order valence-corrected chi connectivity index (χ2v) is 6.93. The molecule has 2 aromatic heterocycles. The Balaban J connectivity index is 0.00000312. The Labute approximate surface area is 171 Å². The number of rotatable bonds is 8. The molecule has 0 amide bonds. The van der Waals surface area contributed by atoms with Gasteiger partial charge in [-0.25, -0.2) is 9.98 Å². The molecular formula is C18H27IN4OS. The SMILES string of the molecule is C=C(C)CN=C(NCCc1ccco1)N(C)CC(C)c1nccs1.I. The lowest BCUT2D eigenvalue weighted by atomic mass is 10.2. The van der Waals surface area contributed by atoms with Gasteiger partial charge < -0.3 is 14.6 Å². The molecule has 0 fully saturated rings. The smallest absolute Gasteiger partial charge is 0.194 e. The van der Waals surface area contributed by atoms with Crippen molar-refractivity contribution < 1.29 is 4.42 Å². The highest BCUT2D eigenvalue weighted by Crippen LogP contribution is 2.18. The van der Waals surface area contributed by atoms with Crippen LogP contribution in [0.15, 0.2) is 51.5 Å². The number of thiazole rings is 1. The van der Waals surface area contributed by atoms with Crippen molar-refractivity contribution in [3.63, 3.8) is 0 Å². The summed E-state index contributed by atoms with van der Waals surface area (Å²) >= 11 is 1.69. The summed E-state index contributed by atoms with van der Waals surface area (Å²) in [6.45, 7) is 10.4. The van der Waals surface area contributed by atoms with Crippen LogP contribution in [0.2, 0.25) is 0 Å². The van der Waals surface area contributed by atoms with Gasteiger partial charge in [-0.05, 0) is 19.1 Å². The van der Waals surface area contributed by atoms with Crippen LogP contribution in [-0.2, 0) is 6.42 Å². The molecule has 0 saturated carbocycles. The van der Waals surface area contributed by atoms with Crippen LogP contribution in [-0.4, -0.2) is 42.5 Å². The first-order valence-corrected chi connectivity index (χ1v) is 9.00. The fourth-order valence-corrected chi connectivity index (χ4v) is 3.02. The van der Waals surface area contributed by atoms with Gasteiger partial charge in [-0.1, -0.05) is 19.1 Å². The monoisotopic (exact) mass is 474 g/mol. The van der Waals surface area contributed by atoms with Gasteiger partial charge in [0.15, 0.2) is 5.96 Å². The molecule has 138 valence electrons. The Morgan fingerprint density at radius 2 is 2.32 bits per heavy atom. The predicted molar refractivity (Wildman–Crippen MR) is 116 cm³/mol. The van der Waals surface area contributed by atoms with Gasteiger partial charge in [0.05, 0.1) is 17.8 Å². The number of likely N-dealkylation sites (N-methyl/N-ethyl adjacent to an activating group) is 1. The van der Waals surface area contributed by atoms with Gasteiger partial charge in [-0.2, -0.15) is 0 Å². The van der Waals surface area contributed by atoms with Crippen LogP contribution in [0.4, 0.5) is 0 Å². The van der Waals surface area contributed by atoms with E-state index < -0.39 is 0 Å². The number of guanidine groups is 1. The summed E-state index contributed by atoms with van der Waals surface area (Å²) in [6, 6.07) is 3.90. The summed E-state index contributed by atoms with van der Waals surface area (Å²) in [6.07, 6.45) is 4.39. The van der Waals surface area contributed by atoms with E-state index >= 15 is 0 Å². The van der Waals surface area contributed by atoms with Crippen LogP contribution < -0.4 is 5.32 Å². The lowest BCUT2D eigenvalue weighted by molar-refractivity contribution is 0.443. The minimum atomic E-state index is 0. The van der Waals surface area contributed by atoms with Gasteiger partial charge in [-0.3, -0.25) is 0 Å². The molecule has 0 aliphatic rings. The van der Waals surface area contributed by atoms with Crippen molar-refractivity contribution in [2.45, 2.75) is 26.2 Å². The van der Waals surface area contributed by atoms with Gasteiger partial charge in [0.1, 0.15) is 5.76 Å². The maximum atomic E-state index is 5.37. The molecule has 2 aromatic rings. The molecule has 1 unspecified atom stereocenters. The van der Waals surface area contributed by atoms with Crippen molar-refractivity contribution in [1.29, 1.82) is 0 Å². The molecule has 1 atom stereocenters. The molecule has 2 rings (SSSR count). The van der Waals surface area contributed by atoms with Crippen LogP contribution in [0.25, 0.3) is 0 Å². The van der Waals surface area contributed by atoms with E-state index in [2.05, 4.69) is 40.7 Å². The highest BCUT2D eigenvalue weighted by molar-refractivity contribution is 14.0. The average molecular weight is 474 g/mol. The number of hydrogen-bond donors (Lipinski definition) is 1. The summed E-state index contributed by atoms with van der Waals surface area (Å²) in [7, 11) is 2.06. The minimum absolute atomic E-state index is 0. The third kappa shape index (κ3) is 7.60. The second kappa shape index (κ2) is 11.3. The Morgan fingerprint density at radius 3 is 2.92 bits per heavy atom. The van der Waals surface area contributed by atoms with E-state index in [4.69, 9.17) is 4.42 Å². The number of aliphatic imine (C=N–C) groups is 1. The number of furan rings is 1. The quantitative estimate of drug-likeness (QED) is 0.270. The third-order valence-electron chi connectivity index (χ3n) is 3.52. The fourth-order valence-electron chi connectivity index (χ4n) is 2.33. The standard InChI is InChI=1S/C18H26N4OS.HI/c1-14(2)12-21-18(20-8-7-16-6-5-10-23-16)22(4)13-15(3)17-19-9-11-24-17;/h5-6,9-11,15H,1,7-8,12-13H2,2-4H3,(H,20,21);1H. The van der Waals surface area contributed by atoms with Crippen molar-refractivity contribution in [3.05, 3.63) is 52.9 Å². The Bertz CT molecular complexity index is 640. The summed E-state index contributed by atoms with van der Waals surface area (Å²) in [5, 5.41) is 6.59. The van der Waals surface area contributed by atoms with Crippen LogP contribution in [0.1, 0.15) is 30.5 Å². The zero-order chi connectivity index (χ0) is 17.4. The van der Waals surface area contributed by atoms with Gasteiger partial charge in [-0.15, -0.1) is 35.3 Å². The van der Waals surface area contributed by atoms with Crippen LogP contribution in [0.3, 0.4) is 0 Å². The molecule has 0 spiro atoms. The average Bonchev–Trinajstić information content (AvgIpc) is 3.23. The van der Waals surface area contributed by atoms with Gasteiger partial charge in [0, 0.05) is 44.1 Å². The van der Waals surface area contributed by atoms with Gasteiger partial charge in [0.2, 0.25) is 0 Å². The lowest BCUT2D eigenvalue weighted by Gasteiger charge is -2.25. The zero-order valence-electron chi connectivity index (χ0n) is 15.1. The maximum absolute atomic E-state index is 5.37. The third-order valence-corrected chi connectivity index (χ3v) is 4.52. The van der Waals surface area contributed by atoms with E-state index in [1.165, 1.54) is 0 Å². The molecule has 0 aliphatic carbocycles. The Morgan fingerprint density at radius 1 is 1.52 bits per heavy atom. The van der Waals surface area contributed by atoms with E-state index in [1.807, 2.05) is 30.6 Å². The topological polar surface area (TPSA) is 53.7 Å². The van der Waals surface area contributed by atoms with E-state index in [1.54, 1.807) is 17.6 Å². The molecule has 0 aromatic carbocycles. The van der Waals surface area contributed by atoms with E-state index in [9.17, 15) is 0 Å². The normalized spacial score (nSPS) is 12.4. The molecule has 0 aliphatic heterocycles. The predicted octanol–water partition coefficient (Wildman–Crippen LogP) is 4.15. The van der Waals surface area contributed by atoms with Crippen LogP contribution in [0, 0.1) is 0 Å². The zero-order valence-corrected chi connectivity index (χ0v) is 18.2. The molecular weight excluding hydrogens is 447 g/mol. The molecule has 0 radical (unpaired) electrons. The first kappa shape index (κ1) is 21.7. The summed E-state index contributed by atoms with van der Waals surface area (Å²) in [5.74, 6) is 2.21. The highest BCUT2D eigenvalue weighted by Gasteiger charge is 2.14. The van der Waals surface area contributed by atoms with Crippen LogP contribution in [0.5, 0.6) is 0 Å². The van der Waals surface area contributed by atoms with Gasteiger partial charge >= 0.3 is 0 Å². The van der Waals surface area contributed by atoms with Crippen molar-refractivity contribution >= 4 is 41.3 Å². The van der Waals surface area contributed by atoms with Crippen molar-refractivity contribution in [1.82, 2.24) is 15.2 Å². The largest absolute Gasteiger partial charge is 0.469 e. The molecule has 25 heavy (non-hydrogen) atoms. The van der Waals surface area contributed by atoms with Crippen molar-refractivity contribution in [2.24, 2.45) is 4.99 Å². The molecule has 0 saturated heterocycles. The summed E-state index contributed by atoms with van der Waals surface area (Å²) in [4.78, 5) is 11.2. The number of nitrogens with one attached hydrogen (secondary N) is 1. The Hall–Kier alpha value is -1.35. The molecule has 5 nitrogen and oxygen atoms in total. The van der Waals surface area contributed by atoms with Crippen molar-refractivity contribution in [3.8, 4) is 0 Å². The molecule has 2 heterocycles. The lowest BCUT2D eigenvalue weighted by Crippen LogP contribution is -2.41. The fraction of sp³-hybridized carbons (Fsp3) is 0.444. The number of aromatic nitrogens is 1. The van der Waals surface area contributed by atoms with Gasteiger partial charge in [0.25, 0.3) is 0 Å². The summed E-state index contributed by atoms with van der Waals surface area (Å²) in [5.41, 5.74) is 1.04. The second-order valence-electron chi connectivity index (χ2n) is 6.00. The number of hydrogen-bond acceptors (Lipinski definition) is 4. The minimum Gasteiger partial charge on any atom is -0.469 e. The van der Waals surface area contributed by atoms with E-state index in [-0.39, 0.29) is 24.0 Å². The number of nitrogens with zero attached hydrogens (tertiary/aromatic N) is 3. The number of halogens is 1. The van der Waals surface area contributed by atoms with Crippen LogP contribution >= 0.6 is 35.3 Å². The first-order chi connectivity index (χ1) is 11.6. The summed E-state index contributed by atoms with van der Waals surface area (Å²) < 4.78 is 5.37. The Kier molecular flexibility index (Phi) is 9.81. The maximum Gasteiger partial charge on any atom is 0.194 e.